The van der Waals surface area contributed by atoms with E-state index < -0.39 is 4.92 Å². The number of hydrogen-bond donors (Lipinski definition) is 0. The molecule has 0 bridgehead atoms. The molecule has 0 saturated carbocycles. The van der Waals surface area contributed by atoms with Gasteiger partial charge in [-0.3, -0.25) is 15.1 Å². The van der Waals surface area contributed by atoms with E-state index >= 15 is 0 Å². The molecule has 1 aromatic heterocycles. The molecule has 98 valence electrons. The van der Waals surface area contributed by atoms with Gasteiger partial charge >= 0.3 is 0 Å². The van der Waals surface area contributed by atoms with Crippen molar-refractivity contribution < 1.29 is 4.92 Å². The fraction of sp³-hybridized carbons (Fsp3) is 0.214. The first kappa shape index (κ1) is 13.0. The van der Waals surface area contributed by atoms with Gasteiger partial charge in [0.15, 0.2) is 0 Å². The Morgan fingerprint density at radius 2 is 2.21 bits per heavy atom. The molecule has 0 amide bonds. The van der Waals surface area contributed by atoms with E-state index in [9.17, 15) is 10.1 Å². The highest BCUT2D eigenvalue weighted by Crippen LogP contribution is 2.23. The molecule has 5 heteroatoms. The summed E-state index contributed by atoms with van der Waals surface area (Å²) in [5, 5.41) is 10.7. The highest BCUT2D eigenvalue weighted by atomic mass is 16.6. The average molecular weight is 257 g/mol. The lowest BCUT2D eigenvalue weighted by molar-refractivity contribution is -0.384. The van der Waals surface area contributed by atoms with Crippen molar-refractivity contribution in [3.8, 4) is 0 Å². The van der Waals surface area contributed by atoms with E-state index in [1.807, 2.05) is 25.3 Å². The van der Waals surface area contributed by atoms with E-state index in [1.165, 1.54) is 12.1 Å². The molecule has 0 aliphatic heterocycles. The van der Waals surface area contributed by atoms with Gasteiger partial charge in [-0.15, -0.1) is 0 Å². The maximum absolute atomic E-state index is 10.7. The van der Waals surface area contributed by atoms with Crippen LogP contribution in [-0.2, 0) is 6.54 Å². The number of rotatable bonds is 4. The van der Waals surface area contributed by atoms with E-state index in [0.717, 1.165) is 23.5 Å². The van der Waals surface area contributed by atoms with Crippen LogP contribution in [0.25, 0.3) is 0 Å². The normalized spacial score (nSPS) is 11.1. The summed E-state index contributed by atoms with van der Waals surface area (Å²) in [6.45, 7) is 4.76. The summed E-state index contributed by atoms with van der Waals surface area (Å²) in [7, 11) is 0. The maximum atomic E-state index is 10.7. The van der Waals surface area contributed by atoms with Crippen LogP contribution in [0.2, 0.25) is 0 Å². The van der Waals surface area contributed by atoms with Crippen LogP contribution in [0.4, 0.5) is 11.4 Å². The molecule has 5 nitrogen and oxygen atoms in total. The average Bonchev–Trinajstić information content (AvgIpc) is 2.84. The van der Waals surface area contributed by atoms with Crippen molar-refractivity contribution in [1.29, 1.82) is 0 Å². The summed E-state index contributed by atoms with van der Waals surface area (Å²) in [6.07, 6.45) is 3.77. The number of benzene rings is 1. The predicted molar refractivity (Wildman–Crippen MR) is 75.2 cm³/mol. The second-order valence-electron chi connectivity index (χ2n) is 4.21. The Hall–Kier alpha value is -2.43. The number of aromatic nitrogens is 1. The van der Waals surface area contributed by atoms with E-state index in [-0.39, 0.29) is 5.69 Å². The number of hydrogen-bond acceptors (Lipinski definition) is 3. The standard InChI is InChI=1S/C14H15N3O2/c1-3-16-8-4-5-13(16)10-15-14-7-6-12(17(18)19)9-11(14)2/h4-10H,3H2,1-2H3. The van der Waals surface area contributed by atoms with Crippen molar-refractivity contribution in [3.05, 3.63) is 57.9 Å². The van der Waals surface area contributed by atoms with Gasteiger partial charge in [0.1, 0.15) is 0 Å². The smallest absolute Gasteiger partial charge is 0.269 e. The van der Waals surface area contributed by atoms with E-state index in [2.05, 4.69) is 16.5 Å². The summed E-state index contributed by atoms with van der Waals surface area (Å²) in [4.78, 5) is 14.6. The van der Waals surface area contributed by atoms with Gasteiger partial charge in [-0.1, -0.05) is 0 Å². The molecule has 0 N–H and O–H groups in total. The second kappa shape index (κ2) is 5.48. The van der Waals surface area contributed by atoms with Crippen molar-refractivity contribution in [2.45, 2.75) is 20.4 Å². The van der Waals surface area contributed by atoms with Gasteiger partial charge in [0.25, 0.3) is 5.69 Å². The van der Waals surface area contributed by atoms with Crippen LogP contribution in [0.3, 0.4) is 0 Å². The molecule has 0 unspecified atom stereocenters. The molecule has 1 aromatic carbocycles. The minimum atomic E-state index is -0.400. The van der Waals surface area contributed by atoms with E-state index in [0.29, 0.717) is 0 Å². The summed E-state index contributed by atoms with van der Waals surface area (Å²) in [5.74, 6) is 0. The van der Waals surface area contributed by atoms with Gasteiger partial charge in [0, 0.05) is 24.9 Å². The first-order chi connectivity index (χ1) is 9.11. The van der Waals surface area contributed by atoms with Crippen molar-refractivity contribution in [3.63, 3.8) is 0 Å². The minimum Gasteiger partial charge on any atom is -0.347 e. The van der Waals surface area contributed by atoms with Gasteiger partial charge in [-0.25, -0.2) is 0 Å². The van der Waals surface area contributed by atoms with Crippen LogP contribution in [0.15, 0.2) is 41.5 Å². The largest absolute Gasteiger partial charge is 0.347 e. The molecular weight excluding hydrogens is 242 g/mol. The zero-order valence-corrected chi connectivity index (χ0v) is 10.9. The fourth-order valence-electron chi connectivity index (χ4n) is 1.87. The molecular formula is C14H15N3O2. The number of nitro benzene ring substituents is 1. The Labute approximate surface area is 111 Å². The number of aliphatic imine (C=N–C) groups is 1. The maximum Gasteiger partial charge on any atom is 0.269 e. The lowest BCUT2D eigenvalue weighted by Gasteiger charge is -2.02. The van der Waals surface area contributed by atoms with E-state index in [4.69, 9.17) is 0 Å². The predicted octanol–water partition coefficient (Wildman–Crippen LogP) is 3.48. The lowest BCUT2D eigenvalue weighted by Crippen LogP contribution is -1.97. The van der Waals surface area contributed by atoms with Crippen LogP contribution in [0.1, 0.15) is 18.2 Å². The lowest BCUT2D eigenvalue weighted by atomic mass is 10.2. The van der Waals surface area contributed by atoms with Crippen molar-refractivity contribution in [2.75, 3.05) is 0 Å². The van der Waals surface area contributed by atoms with Gasteiger partial charge in [-0.2, -0.15) is 0 Å². The number of nitrogens with zero attached hydrogens (tertiary/aromatic N) is 3. The summed E-state index contributed by atoms with van der Waals surface area (Å²) >= 11 is 0. The number of non-ortho nitro benzene ring substituents is 1. The SMILES string of the molecule is CCn1cccc1C=Nc1ccc([N+](=O)[O-])cc1C. The van der Waals surface area contributed by atoms with Crippen LogP contribution >= 0.6 is 0 Å². The molecule has 2 rings (SSSR count). The summed E-state index contributed by atoms with van der Waals surface area (Å²) in [6, 6.07) is 8.62. The highest BCUT2D eigenvalue weighted by Gasteiger charge is 2.07. The van der Waals surface area contributed by atoms with Crippen molar-refractivity contribution in [1.82, 2.24) is 4.57 Å². The monoisotopic (exact) mass is 257 g/mol. The second-order valence-corrected chi connectivity index (χ2v) is 4.21. The molecule has 0 fully saturated rings. The Bertz CT molecular complexity index is 629. The molecule has 0 saturated heterocycles. The zero-order valence-electron chi connectivity index (χ0n) is 10.9. The minimum absolute atomic E-state index is 0.0911. The summed E-state index contributed by atoms with van der Waals surface area (Å²) in [5.41, 5.74) is 2.64. The molecule has 0 spiro atoms. The molecule has 2 aromatic rings. The Morgan fingerprint density at radius 3 is 2.84 bits per heavy atom. The quantitative estimate of drug-likeness (QED) is 0.478. The third-order valence-electron chi connectivity index (χ3n) is 2.93. The van der Waals surface area contributed by atoms with Crippen LogP contribution in [0, 0.1) is 17.0 Å². The third kappa shape index (κ3) is 2.88. The number of aryl methyl sites for hydroxylation is 2. The molecule has 1 heterocycles. The van der Waals surface area contributed by atoms with Crippen LogP contribution in [-0.4, -0.2) is 15.7 Å². The topological polar surface area (TPSA) is 60.4 Å². The van der Waals surface area contributed by atoms with Crippen molar-refractivity contribution in [2.24, 2.45) is 4.99 Å². The van der Waals surface area contributed by atoms with Crippen LogP contribution in [0.5, 0.6) is 0 Å². The number of nitro groups is 1. The van der Waals surface area contributed by atoms with E-state index in [1.54, 1.807) is 12.3 Å². The molecule has 0 aliphatic carbocycles. The van der Waals surface area contributed by atoms with Gasteiger partial charge < -0.3 is 4.57 Å². The Balaban J connectivity index is 2.26. The summed E-state index contributed by atoms with van der Waals surface area (Å²) < 4.78 is 2.07. The molecule has 0 aliphatic rings. The van der Waals surface area contributed by atoms with Gasteiger partial charge in [0.2, 0.25) is 0 Å². The van der Waals surface area contributed by atoms with Crippen LogP contribution < -0.4 is 0 Å². The Morgan fingerprint density at radius 1 is 1.42 bits per heavy atom. The molecule has 0 atom stereocenters. The zero-order chi connectivity index (χ0) is 13.8. The Kier molecular flexibility index (Phi) is 3.75. The van der Waals surface area contributed by atoms with Gasteiger partial charge in [0.05, 0.1) is 22.5 Å². The highest BCUT2D eigenvalue weighted by molar-refractivity contribution is 5.80. The first-order valence-corrected chi connectivity index (χ1v) is 6.06. The third-order valence-corrected chi connectivity index (χ3v) is 2.93. The first-order valence-electron chi connectivity index (χ1n) is 6.06. The molecule has 19 heavy (non-hydrogen) atoms. The fourth-order valence-corrected chi connectivity index (χ4v) is 1.87. The molecule has 0 radical (unpaired) electrons. The van der Waals surface area contributed by atoms with Crippen molar-refractivity contribution >= 4 is 17.6 Å². The van der Waals surface area contributed by atoms with Gasteiger partial charge in [-0.05, 0) is 37.6 Å².